The smallest absolute Gasteiger partial charge is 0.326 e. The number of aliphatic hydroxyl groups is 1. The Labute approximate surface area is 137 Å². The third-order valence-corrected chi connectivity index (χ3v) is 3.98. The molecule has 24 heavy (non-hydrogen) atoms. The summed E-state index contributed by atoms with van der Waals surface area (Å²) in [7, 11) is 0. The first-order chi connectivity index (χ1) is 11.7. The maximum Gasteiger partial charge on any atom is 0.326 e. The monoisotopic (exact) mass is 327 g/mol. The summed E-state index contributed by atoms with van der Waals surface area (Å²) in [5, 5.41) is 9.23. The highest BCUT2D eigenvalue weighted by Gasteiger charge is 2.28. The Morgan fingerprint density at radius 1 is 1.25 bits per heavy atom. The van der Waals surface area contributed by atoms with Gasteiger partial charge in [-0.2, -0.15) is 9.97 Å². The molecule has 1 aliphatic rings. The highest BCUT2D eigenvalue weighted by atomic mass is 16.5. The molecule has 1 fully saturated rings. The zero-order chi connectivity index (χ0) is 16.5. The fourth-order valence-electron chi connectivity index (χ4n) is 2.79. The Bertz CT molecular complexity index is 852. The number of ether oxygens (including phenoxy) is 2. The molecule has 124 valence electrons. The van der Waals surface area contributed by atoms with Crippen molar-refractivity contribution in [2.45, 2.75) is 25.2 Å². The van der Waals surface area contributed by atoms with Gasteiger partial charge in [-0.15, -0.1) is 0 Å². The highest BCUT2D eigenvalue weighted by Crippen LogP contribution is 2.32. The van der Waals surface area contributed by atoms with Crippen molar-refractivity contribution in [1.82, 2.24) is 19.5 Å². The van der Waals surface area contributed by atoms with Crippen LogP contribution in [0.5, 0.6) is 11.8 Å². The molecular formula is C16H17N5O3. The van der Waals surface area contributed by atoms with Gasteiger partial charge < -0.3 is 20.3 Å². The highest BCUT2D eigenvalue weighted by molar-refractivity contribution is 5.82. The van der Waals surface area contributed by atoms with Crippen molar-refractivity contribution in [3.05, 3.63) is 36.7 Å². The first-order valence-corrected chi connectivity index (χ1v) is 7.74. The summed E-state index contributed by atoms with van der Waals surface area (Å²) >= 11 is 0. The number of nitrogens with zero attached hydrogens (tertiary/aromatic N) is 4. The molecule has 1 aliphatic heterocycles. The fourth-order valence-corrected chi connectivity index (χ4v) is 2.79. The minimum Gasteiger partial charge on any atom is -0.424 e. The van der Waals surface area contributed by atoms with Crippen LogP contribution in [-0.2, 0) is 4.74 Å². The van der Waals surface area contributed by atoms with Gasteiger partial charge in [0.15, 0.2) is 17.0 Å². The van der Waals surface area contributed by atoms with Gasteiger partial charge in [-0.25, -0.2) is 4.98 Å². The van der Waals surface area contributed by atoms with Crippen LogP contribution in [0.25, 0.3) is 11.2 Å². The first kappa shape index (κ1) is 14.9. The van der Waals surface area contributed by atoms with E-state index in [1.807, 2.05) is 30.3 Å². The number of anilines is 1. The van der Waals surface area contributed by atoms with E-state index in [1.54, 1.807) is 10.9 Å². The van der Waals surface area contributed by atoms with E-state index in [2.05, 4.69) is 15.0 Å². The third kappa shape index (κ3) is 2.66. The van der Waals surface area contributed by atoms with Gasteiger partial charge in [0.2, 0.25) is 0 Å². The maximum absolute atomic E-state index is 9.23. The molecule has 0 spiro atoms. The molecule has 3 heterocycles. The van der Waals surface area contributed by atoms with Gasteiger partial charge >= 0.3 is 6.01 Å². The number of aromatic nitrogens is 4. The molecule has 0 bridgehead atoms. The van der Waals surface area contributed by atoms with E-state index in [0.717, 1.165) is 12.8 Å². The van der Waals surface area contributed by atoms with Crippen molar-refractivity contribution in [1.29, 1.82) is 0 Å². The summed E-state index contributed by atoms with van der Waals surface area (Å²) in [6.45, 7) is 0.00260. The topological polar surface area (TPSA) is 108 Å². The van der Waals surface area contributed by atoms with Crippen molar-refractivity contribution in [3.8, 4) is 11.8 Å². The molecule has 2 atom stereocenters. The third-order valence-electron chi connectivity index (χ3n) is 3.98. The predicted molar refractivity (Wildman–Crippen MR) is 86.5 cm³/mol. The van der Waals surface area contributed by atoms with Crippen molar-refractivity contribution >= 4 is 17.0 Å². The number of para-hydroxylation sites is 1. The van der Waals surface area contributed by atoms with E-state index in [-0.39, 0.29) is 30.8 Å². The van der Waals surface area contributed by atoms with E-state index in [1.165, 1.54) is 0 Å². The van der Waals surface area contributed by atoms with Crippen molar-refractivity contribution < 1.29 is 14.6 Å². The van der Waals surface area contributed by atoms with Crippen LogP contribution in [0.4, 0.5) is 5.82 Å². The Morgan fingerprint density at radius 2 is 2.08 bits per heavy atom. The quantitative estimate of drug-likeness (QED) is 0.753. The molecule has 4 rings (SSSR count). The number of nitrogen functional groups attached to an aromatic ring is 1. The second kappa shape index (κ2) is 6.06. The van der Waals surface area contributed by atoms with Gasteiger partial charge in [0.25, 0.3) is 0 Å². The SMILES string of the molecule is Nc1nc(Oc2ccccc2)nc2c1ncn2[C@H]1CC[C@@H](CO)O1. The number of imidazole rings is 1. The predicted octanol–water partition coefficient (Wildman–Crippen LogP) is 1.87. The van der Waals surface area contributed by atoms with Gasteiger partial charge in [0, 0.05) is 0 Å². The summed E-state index contributed by atoms with van der Waals surface area (Å²) in [4.78, 5) is 12.9. The summed E-state index contributed by atoms with van der Waals surface area (Å²) in [5.41, 5.74) is 7.05. The van der Waals surface area contributed by atoms with Crippen LogP contribution in [0, 0.1) is 0 Å². The number of benzene rings is 1. The van der Waals surface area contributed by atoms with Crippen LogP contribution in [0.2, 0.25) is 0 Å². The lowest BCUT2D eigenvalue weighted by Gasteiger charge is -2.14. The lowest BCUT2D eigenvalue weighted by atomic mass is 10.2. The summed E-state index contributed by atoms with van der Waals surface area (Å²) in [6.07, 6.45) is 2.80. The summed E-state index contributed by atoms with van der Waals surface area (Å²) < 4.78 is 13.3. The van der Waals surface area contributed by atoms with Crippen LogP contribution in [0.3, 0.4) is 0 Å². The molecule has 3 N–H and O–H groups in total. The molecule has 1 saturated heterocycles. The van der Waals surface area contributed by atoms with E-state index in [0.29, 0.717) is 16.9 Å². The number of nitrogens with two attached hydrogens (primary N) is 1. The summed E-state index contributed by atoms with van der Waals surface area (Å²) in [6, 6.07) is 9.41. The van der Waals surface area contributed by atoms with Crippen LogP contribution < -0.4 is 10.5 Å². The van der Waals surface area contributed by atoms with Crippen molar-refractivity contribution in [2.75, 3.05) is 12.3 Å². The largest absolute Gasteiger partial charge is 0.424 e. The molecule has 0 unspecified atom stereocenters. The first-order valence-electron chi connectivity index (χ1n) is 7.74. The number of hydrogen-bond acceptors (Lipinski definition) is 7. The number of hydrogen-bond donors (Lipinski definition) is 2. The maximum atomic E-state index is 9.23. The van der Waals surface area contributed by atoms with Crippen LogP contribution in [-0.4, -0.2) is 37.3 Å². The van der Waals surface area contributed by atoms with E-state index >= 15 is 0 Å². The minimum absolute atomic E-state index is 0.00260. The normalized spacial score (nSPS) is 20.5. The van der Waals surface area contributed by atoms with E-state index in [4.69, 9.17) is 15.2 Å². The van der Waals surface area contributed by atoms with Crippen molar-refractivity contribution in [3.63, 3.8) is 0 Å². The molecule has 0 radical (unpaired) electrons. The molecule has 2 aromatic heterocycles. The van der Waals surface area contributed by atoms with Crippen LogP contribution in [0.15, 0.2) is 36.7 Å². The zero-order valence-corrected chi connectivity index (χ0v) is 12.9. The standard InChI is InChI=1S/C16H17N5O3/c17-14-13-15(20-16(19-14)24-10-4-2-1-3-5-10)21(9-18-13)12-7-6-11(8-22)23-12/h1-5,9,11-12,22H,6-8H2,(H2,17,19,20)/t11-,12+/m0/s1. The average Bonchev–Trinajstić information content (AvgIpc) is 3.22. The zero-order valence-electron chi connectivity index (χ0n) is 12.9. The molecular weight excluding hydrogens is 310 g/mol. The van der Waals surface area contributed by atoms with Gasteiger partial charge in [0.1, 0.15) is 12.0 Å². The average molecular weight is 327 g/mol. The number of rotatable bonds is 4. The van der Waals surface area contributed by atoms with Crippen LogP contribution in [0.1, 0.15) is 19.1 Å². The Kier molecular flexibility index (Phi) is 3.75. The molecule has 0 saturated carbocycles. The fraction of sp³-hybridized carbons (Fsp3) is 0.312. The second-order valence-corrected chi connectivity index (χ2v) is 5.60. The van der Waals surface area contributed by atoms with E-state index in [9.17, 15) is 5.11 Å². The van der Waals surface area contributed by atoms with Crippen LogP contribution >= 0.6 is 0 Å². The Morgan fingerprint density at radius 3 is 2.83 bits per heavy atom. The second-order valence-electron chi connectivity index (χ2n) is 5.60. The minimum atomic E-state index is -0.231. The Hall–Kier alpha value is -2.71. The van der Waals surface area contributed by atoms with Gasteiger partial charge in [0.05, 0.1) is 19.0 Å². The molecule has 3 aromatic rings. The molecule has 0 amide bonds. The molecule has 1 aromatic carbocycles. The lowest BCUT2D eigenvalue weighted by molar-refractivity contribution is -0.0207. The Balaban J connectivity index is 1.69. The van der Waals surface area contributed by atoms with Crippen molar-refractivity contribution in [2.24, 2.45) is 0 Å². The number of aliphatic hydroxyl groups excluding tert-OH is 1. The lowest BCUT2D eigenvalue weighted by Crippen LogP contribution is -2.14. The van der Waals surface area contributed by atoms with E-state index < -0.39 is 0 Å². The van der Waals surface area contributed by atoms with Gasteiger partial charge in [-0.05, 0) is 25.0 Å². The summed E-state index contributed by atoms with van der Waals surface area (Å²) in [5.74, 6) is 0.876. The van der Waals surface area contributed by atoms with Gasteiger partial charge in [-0.3, -0.25) is 4.57 Å². The van der Waals surface area contributed by atoms with Gasteiger partial charge in [-0.1, -0.05) is 18.2 Å². The molecule has 0 aliphatic carbocycles. The molecule has 8 heteroatoms. The molecule has 8 nitrogen and oxygen atoms in total. The number of fused-ring (bicyclic) bond motifs is 1.